The van der Waals surface area contributed by atoms with Crippen LogP contribution in [0, 0.1) is 0 Å². The van der Waals surface area contributed by atoms with E-state index in [2.05, 4.69) is 27.9 Å². The van der Waals surface area contributed by atoms with E-state index in [1.54, 1.807) is 0 Å². The number of amides is 1. The second-order valence-corrected chi connectivity index (χ2v) is 4.95. The first-order valence-electron chi connectivity index (χ1n) is 3.62. The molecule has 0 aliphatic heterocycles. The van der Waals surface area contributed by atoms with Crippen LogP contribution in [0.2, 0.25) is 0 Å². The highest BCUT2D eigenvalue weighted by atomic mass is 127. The van der Waals surface area contributed by atoms with Gasteiger partial charge in [-0.25, -0.2) is 0 Å². The summed E-state index contributed by atoms with van der Waals surface area (Å²) in [7, 11) is 0. The van der Waals surface area contributed by atoms with E-state index >= 15 is 0 Å². The molecule has 1 unspecified atom stereocenters. The van der Waals surface area contributed by atoms with E-state index in [9.17, 15) is 4.79 Å². The SMILES string of the molecule is CC(I)CC(=O)NC1CC1. The van der Waals surface area contributed by atoms with Crippen molar-refractivity contribution < 1.29 is 4.79 Å². The van der Waals surface area contributed by atoms with E-state index in [4.69, 9.17) is 0 Å². The first kappa shape index (κ1) is 8.30. The summed E-state index contributed by atoms with van der Waals surface area (Å²) in [4.78, 5) is 11.0. The van der Waals surface area contributed by atoms with Gasteiger partial charge >= 0.3 is 0 Å². The van der Waals surface area contributed by atoms with Gasteiger partial charge in [0.2, 0.25) is 5.91 Å². The molecule has 1 aliphatic rings. The third-order valence-electron chi connectivity index (χ3n) is 1.41. The lowest BCUT2D eigenvalue weighted by Gasteiger charge is -2.03. The van der Waals surface area contributed by atoms with E-state index in [0.29, 0.717) is 16.4 Å². The summed E-state index contributed by atoms with van der Waals surface area (Å²) >= 11 is 2.26. The number of alkyl halides is 1. The quantitative estimate of drug-likeness (QED) is 0.599. The maximum Gasteiger partial charge on any atom is 0.221 e. The number of carbonyl (C=O) groups excluding carboxylic acids is 1. The van der Waals surface area contributed by atoms with Gasteiger partial charge in [-0.3, -0.25) is 4.79 Å². The van der Waals surface area contributed by atoms with Gasteiger partial charge < -0.3 is 5.32 Å². The van der Waals surface area contributed by atoms with Gasteiger partial charge in [0.25, 0.3) is 0 Å². The number of hydrogen-bond donors (Lipinski definition) is 1. The van der Waals surface area contributed by atoms with Crippen LogP contribution < -0.4 is 5.32 Å². The van der Waals surface area contributed by atoms with Crippen molar-refractivity contribution in [1.82, 2.24) is 5.32 Å². The monoisotopic (exact) mass is 253 g/mol. The molecule has 0 aromatic rings. The Morgan fingerprint density at radius 2 is 2.40 bits per heavy atom. The second-order valence-electron chi connectivity index (χ2n) is 2.83. The van der Waals surface area contributed by atoms with Crippen molar-refractivity contribution >= 4 is 28.5 Å². The average Bonchev–Trinajstić information content (AvgIpc) is 2.46. The highest BCUT2D eigenvalue weighted by Gasteiger charge is 2.23. The van der Waals surface area contributed by atoms with Crippen LogP contribution in [0.3, 0.4) is 0 Å². The highest BCUT2D eigenvalue weighted by molar-refractivity contribution is 14.1. The molecule has 58 valence electrons. The zero-order valence-corrected chi connectivity index (χ0v) is 8.22. The van der Waals surface area contributed by atoms with Crippen molar-refractivity contribution in [3.8, 4) is 0 Å². The molecule has 3 heteroatoms. The molecule has 2 nitrogen and oxygen atoms in total. The lowest BCUT2D eigenvalue weighted by atomic mass is 10.3. The van der Waals surface area contributed by atoms with Gasteiger partial charge in [-0.15, -0.1) is 0 Å². The van der Waals surface area contributed by atoms with Crippen LogP contribution in [-0.4, -0.2) is 15.9 Å². The summed E-state index contributed by atoms with van der Waals surface area (Å²) in [6.07, 6.45) is 3.03. The van der Waals surface area contributed by atoms with Crippen LogP contribution in [-0.2, 0) is 4.79 Å². The molecule has 0 spiro atoms. The van der Waals surface area contributed by atoms with Crippen molar-refractivity contribution in [1.29, 1.82) is 0 Å². The fourth-order valence-corrected chi connectivity index (χ4v) is 1.17. The summed E-state index contributed by atoms with van der Waals surface area (Å²) in [5.74, 6) is 0.212. The molecule has 10 heavy (non-hydrogen) atoms. The van der Waals surface area contributed by atoms with Crippen molar-refractivity contribution in [2.24, 2.45) is 0 Å². The zero-order valence-electron chi connectivity index (χ0n) is 6.06. The van der Waals surface area contributed by atoms with E-state index in [1.807, 2.05) is 6.92 Å². The molecule has 1 atom stereocenters. The zero-order chi connectivity index (χ0) is 7.56. The van der Waals surface area contributed by atoms with Gasteiger partial charge in [-0.05, 0) is 12.8 Å². The second kappa shape index (κ2) is 3.55. The molecule has 1 saturated carbocycles. The lowest BCUT2D eigenvalue weighted by Crippen LogP contribution is -2.26. The Balaban J connectivity index is 2.08. The Hall–Kier alpha value is 0.200. The number of rotatable bonds is 3. The third-order valence-corrected chi connectivity index (χ3v) is 1.85. The normalized spacial score (nSPS) is 20.2. The molecule has 1 rings (SSSR count). The predicted molar refractivity (Wildman–Crippen MR) is 49.3 cm³/mol. The first-order valence-corrected chi connectivity index (χ1v) is 4.86. The van der Waals surface area contributed by atoms with E-state index < -0.39 is 0 Å². The van der Waals surface area contributed by atoms with Gasteiger partial charge in [-0.1, -0.05) is 29.5 Å². The molecule has 0 aromatic heterocycles. The van der Waals surface area contributed by atoms with Crippen LogP contribution in [0.4, 0.5) is 0 Å². The maximum atomic E-state index is 11.0. The van der Waals surface area contributed by atoms with Gasteiger partial charge in [0.05, 0.1) is 0 Å². The van der Waals surface area contributed by atoms with Crippen LogP contribution in [0.1, 0.15) is 26.2 Å². The van der Waals surface area contributed by atoms with Crippen LogP contribution >= 0.6 is 22.6 Å². The number of halogens is 1. The molecule has 1 fully saturated rings. The largest absolute Gasteiger partial charge is 0.353 e. The number of nitrogens with one attached hydrogen (secondary N) is 1. The van der Waals surface area contributed by atoms with Gasteiger partial charge in [0, 0.05) is 16.4 Å². The Labute approximate surface area is 74.9 Å². The summed E-state index contributed by atoms with van der Waals surface area (Å²) < 4.78 is 0.455. The third kappa shape index (κ3) is 3.39. The summed E-state index contributed by atoms with van der Waals surface area (Å²) in [5, 5.41) is 2.94. The fourth-order valence-electron chi connectivity index (χ4n) is 0.770. The molecule has 1 amide bonds. The summed E-state index contributed by atoms with van der Waals surface area (Å²) in [6, 6.07) is 0.516. The number of hydrogen-bond acceptors (Lipinski definition) is 1. The molecule has 0 saturated heterocycles. The standard InChI is InChI=1S/C7H12INO/c1-5(8)4-7(10)9-6-2-3-6/h5-6H,2-4H2,1H3,(H,9,10). The van der Waals surface area contributed by atoms with E-state index in [0.717, 1.165) is 0 Å². The molecule has 0 radical (unpaired) electrons. The van der Waals surface area contributed by atoms with E-state index in [1.165, 1.54) is 12.8 Å². The average molecular weight is 253 g/mol. The molecule has 0 heterocycles. The fraction of sp³-hybridized carbons (Fsp3) is 0.857. The minimum atomic E-state index is 0.212. The van der Waals surface area contributed by atoms with Crippen molar-refractivity contribution in [2.75, 3.05) is 0 Å². The molecule has 1 N–H and O–H groups in total. The van der Waals surface area contributed by atoms with Crippen LogP contribution in [0.25, 0.3) is 0 Å². The molecule has 0 aromatic carbocycles. The summed E-state index contributed by atoms with van der Waals surface area (Å²) in [6.45, 7) is 2.05. The van der Waals surface area contributed by atoms with Crippen LogP contribution in [0.5, 0.6) is 0 Å². The molecule has 0 bridgehead atoms. The Morgan fingerprint density at radius 3 is 2.80 bits per heavy atom. The Kier molecular flexibility index (Phi) is 2.95. The van der Waals surface area contributed by atoms with Crippen LogP contribution in [0.15, 0.2) is 0 Å². The maximum absolute atomic E-state index is 11.0. The Bertz CT molecular complexity index is 126. The van der Waals surface area contributed by atoms with Crippen molar-refractivity contribution in [3.63, 3.8) is 0 Å². The van der Waals surface area contributed by atoms with E-state index in [-0.39, 0.29) is 5.91 Å². The molecular formula is C7H12INO. The smallest absolute Gasteiger partial charge is 0.221 e. The molecule has 1 aliphatic carbocycles. The van der Waals surface area contributed by atoms with Crippen molar-refractivity contribution in [3.05, 3.63) is 0 Å². The topological polar surface area (TPSA) is 29.1 Å². The van der Waals surface area contributed by atoms with Gasteiger partial charge in [0.1, 0.15) is 0 Å². The summed E-state index contributed by atoms with van der Waals surface area (Å²) in [5.41, 5.74) is 0. The highest BCUT2D eigenvalue weighted by Crippen LogP contribution is 2.19. The molecular weight excluding hydrogens is 241 g/mol. The first-order chi connectivity index (χ1) is 4.68. The lowest BCUT2D eigenvalue weighted by molar-refractivity contribution is -0.121. The van der Waals surface area contributed by atoms with Gasteiger partial charge in [0.15, 0.2) is 0 Å². The number of carbonyl (C=O) groups is 1. The van der Waals surface area contributed by atoms with Gasteiger partial charge in [-0.2, -0.15) is 0 Å². The minimum absolute atomic E-state index is 0.212. The van der Waals surface area contributed by atoms with Crippen molar-refractivity contribution in [2.45, 2.75) is 36.2 Å². The minimum Gasteiger partial charge on any atom is -0.353 e. The Morgan fingerprint density at radius 1 is 1.80 bits per heavy atom. The predicted octanol–water partition coefficient (Wildman–Crippen LogP) is 1.48.